The molecular weight excluding hydrogens is 413 g/mol. The summed E-state index contributed by atoms with van der Waals surface area (Å²) in [5.41, 5.74) is -0.0264. The summed E-state index contributed by atoms with van der Waals surface area (Å²) >= 11 is 0. The molecule has 2 aliphatic rings. The third kappa shape index (κ3) is 6.43. The Morgan fingerprint density at radius 2 is 1.90 bits per heavy atom. The lowest BCUT2D eigenvalue weighted by Gasteiger charge is -2.35. The third-order valence-corrected chi connectivity index (χ3v) is 5.73. The lowest BCUT2D eigenvalue weighted by Crippen LogP contribution is -2.49. The van der Waals surface area contributed by atoms with E-state index in [0.29, 0.717) is 38.8 Å². The van der Waals surface area contributed by atoms with Gasteiger partial charge in [0.2, 0.25) is 5.91 Å². The van der Waals surface area contributed by atoms with Crippen molar-refractivity contribution in [3.05, 3.63) is 45.5 Å². The van der Waals surface area contributed by atoms with Crippen LogP contribution in [0.1, 0.15) is 37.7 Å². The third-order valence-electron chi connectivity index (χ3n) is 5.73. The molecule has 0 atom stereocenters. The van der Waals surface area contributed by atoms with Crippen LogP contribution in [0.4, 0.5) is 24.5 Å². The van der Waals surface area contributed by atoms with Gasteiger partial charge in [-0.3, -0.25) is 19.8 Å². The predicted octanol–water partition coefficient (Wildman–Crippen LogP) is 3.74. The van der Waals surface area contributed by atoms with Gasteiger partial charge in [-0.1, -0.05) is 11.6 Å². The fraction of sp³-hybridized carbons (Fsp3) is 0.571. The van der Waals surface area contributed by atoms with Gasteiger partial charge in [-0.25, -0.2) is 0 Å². The normalized spacial score (nSPS) is 17.9. The Morgan fingerprint density at radius 1 is 1.16 bits per heavy atom. The molecule has 0 unspecified atom stereocenters. The van der Waals surface area contributed by atoms with Crippen LogP contribution in [0.5, 0.6) is 0 Å². The summed E-state index contributed by atoms with van der Waals surface area (Å²) in [7, 11) is 0. The van der Waals surface area contributed by atoms with E-state index in [1.165, 1.54) is 18.4 Å². The summed E-state index contributed by atoms with van der Waals surface area (Å²) in [6, 6.07) is 2.60. The number of rotatable bonds is 7. The highest BCUT2D eigenvalue weighted by atomic mass is 19.4. The molecule has 1 aromatic carbocycles. The highest BCUT2D eigenvalue weighted by Gasteiger charge is 2.34. The Kier molecular flexibility index (Phi) is 7.53. The summed E-state index contributed by atoms with van der Waals surface area (Å²) in [6.07, 6.45) is 3.16. The van der Waals surface area contributed by atoms with Crippen molar-refractivity contribution in [1.29, 1.82) is 0 Å². The smallest absolute Gasteiger partial charge is 0.363 e. The van der Waals surface area contributed by atoms with E-state index in [-0.39, 0.29) is 18.1 Å². The van der Waals surface area contributed by atoms with E-state index in [0.717, 1.165) is 31.4 Å². The molecule has 1 N–H and O–H groups in total. The van der Waals surface area contributed by atoms with Crippen molar-refractivity contribution in [3.8, 4) is 0 Å². The topological polar surface area (TPSA) is 78.7 Å². The zero-order valence-corrected chi connectivity index (χ0v) is 17.3. The zero-order valence-electron chi connectivity index (χ0n) is 17.3. The van der Waals surface area contributed by atoms with Crippen LogP contribution in [0.2, 0.25) is 0 Å². The molecule has 1 aromatic rings. The number of anilines is 1. The fourth-order valence-corrected chi connectivity index (χ4v) is 4.01. The lowest BCUT2D eigenvalue weighted by atomic mass is 9.97. The van der Waals surface area contributed by atoms with Crippen molar-refractivity contribution >= 4 is 17.3 Å². The molecule has 1 amide bonds. The largest absolute Gasteiger partial charge is 0.416 e. The highest BCUT2D eigenvalue weighted by molar-refractivity contribution is 5.78. The molecular formula is C21H27F3N4O3. The number of nitrogens with one attached hydrogen (secondary N) is 1. The first-order valence-corrected chi connectivity index (χ1v) is 10.5. The maximum Gasteiger partial charge on any atom is 0.416 e. The molecule has 31 heavy (non-hydrogen) atoms. The van der Waals surface area contributed by atoms with Crippen LogP contribution in [-0.4, -0.2) is 55.0 Å². The van der Waals surface area contributed by atoms with E-state index < -0.39 is 22.4 Å². The van der Waals surface area contributed by atoms with E-state index >= 15 is 0 Å². The second-order valence-electron chi connectivity index (χ2n) is 7.93. The van der Waals surface area contributed by atoms with Gasteiger partial charge in [0.05, 0.1) is 17.0 Å². The number of nitrogens with zero attached hydrogens (tertiary/aromatic N) is 3. The second kappa shape index (κ2) is 10.1. The van der Waals surface area contributed by atoms with Crippen molar-refractivity contribution in [3.63, 3.8) is 0 Å². The van der Waals surface area contributed by atoms with Crippen LogP contribution < -0.4 is 10.2 Å². The summed E-state index contributed by atoms with van der Waals surface area (Å²) in [5, 5.41) is 14.2. The van der Waals surface area contributed by atoms with Gasteiger partial charge in [-0.05, 0) is 44.2 Å². The number of hydrogen-bond donors (Lipinski definition) is 1. The number of hydrogen-bond acceptors (Lipinski definition) is 5. The zero-order chi connectivity index (χ0) is 22.4. The first kappa shape index (κ1) is 23.1. The molecule has 0 saturated carbocycles. The maximum absolute atomic E-state index is 12.9. The Hall–Kier alpha value is -2.62. The van der Waals surface area contributed by atoms with Crippen molar-refractivity contribution in [2.45, 2.75) is 38.3 Å². The molecule has 10 heteroatoms. The second-order valence-corrected chi connectivity index (χ2v) is 7.93. The Labute approximate surface area is 179 Å². The number of halogens is 3. The first-order valence-electron chi connectivity index (χ1n) is 10.5. The van der Waals surface area contributed by atoms with Crippen LogP contribution in [0.25, 0.3) is 0 Å². The minimum Gasteiger partial charge on any atom is -0.363 e. The first-order chi connectivity index (χ1) is 14.7. The van der Waals surface area contributed by atoms with Crippen LogP contribution in [0.15, 0.2) is 29.8 Å². The molecule has 0 aromatic heterocycles. The standard InChI is InChI=1S/C21H27F3N4O3/c22-21(23,24)17-6-7-18(19(14-17)28(30)31)27-12-10-26(11-13-27)15-20(29)25-9-8-16-4-2-1-3-5-16/h4,6-7,14H,1-3,5,8-13,15H2,(H,25,29). The number of carbonyl (C=O) groups excluding carboxylic acids is 1. The molecule has 1 heterocycles. The Morgan fingerprint density at radius 3 is 2.52 bits per heavy atom. The Balaban J connectivity index is 1.49. The fourth-order valence-electron chi connectivity index (χ4n) is 4.01. The Bertz CT molecular complexity index is 834. The highest BCUT2D eigenvalue weighted by Crippen LogP contribution is 2.36. The molecule has 0 spiro atoms. The SMILES string of the molecule is O=C(CN1CCN(c2ccc(C(F)(F)F)cc2[N+](=O)[O-])CC1)NCCC1=CCCCC1. The molecule has 170 valence electrons. The average Bonchev–Trinajstić information content (AvgIpc) is 2.74. The van der Waals surface area contributed by atoms with E-state index in [1.807, 2.05) is 4.90 Å². The summed E-state index contributed by atoms with van der Waals surface area (Å²) in [5.74, 6) is -0.0645. The van der Waals surface area contributed by atoms with Gasteiger partial charge in [0.15, 0.2) is 0 Å². The molecule has 1 saturated heterocycles. The number of nitro groups is 1. The van der Waals surface area contributed by atoms with Gasteiger partial charge in [0, 0.05) is 38.8 Å². The number of nitro benzene ring substituents is 1. The van der Waals surface area contributed by atoms with Crippen molar-refractivity contribution in [1.82, 2.24) is 10.2 Å². The molecule has 1 aliphatic carbocycles. The van der Waals surface area contributed by atoms with E-state index in [2.05, 4.69) is 11.4 Å². The molecule has 0 bridgehead atoms. The summed E-state index contributed by atoms with van der Waals surface area (Å²) in [6.45, 7) is 2.64. The van der Waals surface area contributed by atoms with Crippen molar-refractivity contribution in [2.75, 3.05) is 44.2 Å². The molecule has 7 nitrogen and oxygen atoms in total. The van der Waals surface area contributed by atoms with E-state index in [1.54, 1.807) is 4.90 Å². The quantitative estimate of drug-likeness (QED) is 0.397. The van der Waals surface area contributed by atoms with E-state index in [9.17, 15) is 28.1 Å². The average molecular weight is 440 g/mol. The molecule has 3 rings (SSSR count). The maximum atomic E-state index is 12.9. The number of amides is 1. The van der Waals surface area contributed by atoms with Crippen LogP contribution in [0, 0.1) is 10.1 Å². The molecule has 1 fully saturated rings. The number of benzene rings is 1. The van der Waals surface area contributed by atoms with Gasteiger partial charge in [-0.2, -0.15) is 13.2 Å². The lowest BCUT2D eigenvalue weighted by molar-refractivity contribution is -0.384. The van der Waals surface area contributed by atoms with Crippen LogP contribution >= 0.6 is 0 Å². The number of allylic oxidation sites excluding steroid dienone is 1. The monoisotopic (exact) mass is 440 g/mol. The van der Waals surface area contributed by atoms with Gasteiger partial charge in [0.1, 0.15) is 5.69 Å². The number of carbonyl (C=O) groups is 1. The predicted molar refractivity (Wildman–Crippen MR) is 111 cm³/mol. The van der Waals surface area contributed by atoms with Gasteiger partial charge < -0.3 is 10.2 Å². The van der Waals surface area contributed by atoms with Gasteiger partial charge in [0.25, 0.3) is 5.69 Å². The number of piperazine rings is 1. The minimum atomic E-state index is -4.64. The number of alkyl halides is 3. The molecule has 0 radical (unpaired) electrons. The van der Waals surface area contributed by atoms with Gasteiger partial charge >= 0.3 is 6.18 Å². The van der Waals surface area contributed by atoms with Gasteiger partial charge in [-0.15, -0.1) is 0 Å². The summed E-state index contributed by atoms with van der Waals surface area (Å²) < 4.78 is 38.7. The van der Waals surface area contributed by atoms with Crippen LogP contribution in [-0.2, 0) is 11.0 Å². The van der Waals surface area contributed by atoms with Crippen LogP contribution in [0.3, 0.4) is 0 Å². The summed E-state index contributed by atoms with van der Waals surface area (Å²) in [4.78, 5) is 26.4. The minimum absolute atomic E-state index is 0.0645. The van der Waals surface area contributed by atoms with E-state index in [4.69, 9.17) is 0 Å². The molecule has 1 aliphatic heterocycles. The van der Waals surface area contributed by atoms with Crippen molar-refractivity contribution < 1.29 is 22.9 Å². The van der Waals surface area contributed by atoms with Crippen molar-refractivity contribution in [2.24, 2.45) is 0 Å².